The molecule has 16 heavy (non-hydrogen) atoms. The van der Waals surface area contributed by atoms with Gasteiger partial charge in [-0.25, -0.2) is 0 Å². The maximum atomic E-state index is 5.62. The summed E-state index contributed by atoms with van der Waals surface area (Å²) in [5.74, 6) is 0.373. The number of nitrogens with zero attached hydrogens (tertiary/aromatic N) is 2. The fourth-order valence-corrected chi connectivity index (χ4v) is 2.32. The van der Waals surface area contributed by atoms with Gasteiger partial charge in [0.1, 0.15) is 11.6 Å². The average Bonchev–Trinajstić information content (AvgIpc) is 2.74. The second-order valence-electron chi connectivity index (χ2n) is 3.01. The van der Waals surface area contributed by atoms with Crippen molar-refractivity contribution in [3.05, 3.63) is 39.3 Å². The topological polar surface area (TPSA) is 35.0 Å². The van der Waals surface area contributed by atoms with Crippen molar-refractivity contribution in [1.82, 2.24) is 10.2 Å². The van der Waals surface area contributed by atoms with Gasteiger partial charge in [-0.1, -0.05) is 39.4 Å². The van der Waals surface area contributed by atoms with Gasteiger partial charge >= 0.3 is 0 Å². The van der Waals surface area contributed by atoms with E-state index in [9.17, 15) is 0 Å². The Kier molecular flexibility index (Phi) is 4.15. The summed E-state index contributed by atoms with van der Waals surface area (Å²) < 4.78 is 6.53. The molecule has 6 heteroatoms. The van der Waals surface area contributed by atoms with Crippen molar-refractivity contribution in [3.63, 3.8) is 0 Å². The number of ether oxygens (including phenoxy) is 1. The van der Waals surface area contributed by atoms with Crippen molar-refractivity contribution in [2.75, 3.05) is 0 Å². The molecule has 0 atom stereocenters. The Morgan fingerprint density at radius 3 is 2.94 bits per heavy atom. The summed E-state index contributed by atoms with van der Waals surface area (Å²) in [6.07, 6.45) is 0. The Bertz CT molecular complexity index is 477. The van der Waals surface area contributed by atoms with Gasteiger partial charge in [0.25, 0.3) is 5.19 Å². The quantitative estimate of drug-likeness (QED) is 0.807. The standard InChI is InChI=1S/C10H8BrClN2OS/c11-8-3-1-2-7(4-8)6-15-10-14-13-9(5-12)16-10/h1-4H,5-6H2. The largest absolute Gasteiger partial charge is 0.464 e. The summed E-state index contributed by atoms with van der Waals surface area (Å²) in [6.45, 7) is 0.482. The van der Waals surface area contributed by atoms with Gasteiger partial charge in [-0.2, -0.15) is 0 Å². The van der Waals surface area contributed by atoms with Crippen LogP contribution in [0.3, 0.4) is 0 Å². The molecular weight excluding hydrogens is 312 g/mol. The molecule has 0 unspecified atom stereocenters. The first-order valence-electron chi connectivity index (χ1n) is 4.53. The molecule has 3 nitrogen and oxygen atoms in total. The normalized spacial score (nSPS) is 10.4. The Hall–Kier alpha value is -0.650. The van der Waals surface area contributed by atoms with Crippen molar-refractivity contribution in [2.45, 2.75) is 12.5 Å². The van der Waals surface area contributed by atoms with Crippen molar-refractivity contribution in [1.29, 1.82) is 0 Å². The highest BCUT2D eigenvalue weighted by atomic mass is 79.9. The van der Waals surface area contributed by atoms with E-state index in [2.05, 4.69) is 26.1 Å². The highest BCUT2D eigenvalue weighted by Gasteiger charge is 2.04. The molecule has 0 fully saturated rings. The zero-order valence-electron chi connectivity index (χ0n) is 8.19. The van der Waals surface area contributed by atoms with E-state index >= 15 is 0 Å². The van der Waals surface area contributed by atoms with E-state index in [0.29, 0.717) is 17.7 Å². The van der Waals surface area contributed by atoms with Crippen LogP contribution in [-0.2, 0) is 12.5 Å². The highest BCUT2D eigenvalue weighted by Crippen LogP contribution is 2.20. The molecule has 0 saturated heterocycles. The molecular formula is C10H8BrClN2OS. The molecule has 1 heterocycles. The lowest BCUT2D eigenvalue weighted by Crippen LogP contribution is -1.94. The molecule has 0 aliphatic heterocycles. The lowest BCUT2D eigenvalue weighted by Gasteiger charge is -2.01. The molecule has 0 bridgehead atoms. The van der Waals surface area contributed by atoms with Gasteiger partial charge in [0.15, 0.2) is 0 Å². The molecule has 1 aromatic heterocycles. The SMILES string of the molecule is ClCc1nnc(OCc2cccc(Br)c2)s1. The maximum absolute atomic E-state index is 5.62. The van der Waals surface area contributed by atoms with Crippen LogP contribution < -0.4 is 4.74 Å². The van der Waals surface area contributed by atoms with E-state index < -0.39 is 0 Å². The number of hydrogen-bond acceptors (Lipinski definition) is 4. The van der Waals surface area contributed by atoms with Gasteiger partial charge in [0.05, 0.1) is 5.88 Å². The first-order valence-corrected chi connectivity index (χ1v) is 6.68. The van der Waals surface area contributed by atoms with E-state index in [-0.39, 0.29) is 0 Å². The third-order valence-corrected chi connectivity index (χ3v) is 3.55. The van der Waals surface area contributed by atoms with Crippen LogP contribution in [0.15, 0.2) is 28.7 Å². The molecule has 0 spiro atoms. The Morgan fingerprint density at radius 1 is 1.38 bits per heavy atom. The Morgan fingerprint density at radius 2 is 2.25 bits per heavy atom. The Balaban J connectivity index is 1.96. The molecule has 0 amide bonds. The fraction of sp³-hybridized carbons (Fsp3) is 0.200. The minimum Gasteiger partial charge on any atom is -0.464 e. The van der Waals surface area contributed by atoms with Crippen LogP contribution in [0, 0.1) is 0 Å². The zero-order chi connectivity index (χ0) is 11.4. The van der Waals surface area contributed by atoms with Crippen LogP contribution in [0.25, 0.3) is 0 Å². The van der Waals surface area contributed by atoms with Gasteiger partial charge in [-0.3, -0.25) is 0 Å². The number of aromatic nitrogens is 2. The van der Waals surface area contributed by atoms with Gasteiger partial charge in [0, 0.05) is 4.47 Å². The van der Waals surface area contributed by atoms with Crippen molar-refractivity contribution >= 4 is 38.9 Å². The highest BCUT2D eigenvalue weighted by molar-refractivity contribution is 9.10. The zero-order valence-corrected chi connectivity index (χ0v) is 11.3. The summed E-state index contributed by atoms with van der Waals surface area (Å²) in [6, 6.07) is 7.94. The molecule has 0 saturated carbocycles. The monoisotopic (exact) mass is 318 g/mol. The molecule has 0 radical (unpaired) electrons. The van der Waals surface area contributed by atoms with Crippen molar-refractivity contribution < 1.29 is 4.74 Å². The van der Waals surface area contributed by atoms with Crippen LogP contribution in [0.5, 0.6) is 5.19 Å². The van der Waals surface area contributed by atoms with E-state index in [1.54, 1.807) is 0 Å². The van der Waals surface area contributed by atoms with Crippen LogP contribution in [-0.4, -0.2) is 10.2 Å². The number of rotatable bonds is 4. The Labute approximate surface area is 111 Å². The molecule has 84 valence electrons. The smallest absolute Gasteiger partial charge is 0.294 e. The van der Waals surface area contributed by atoms with Gasteiger partial charge in [-0.15, -0.1) is 21.8 Å². The van der Waals surface area contributed by atoms with Gasteiger partial charge < -0.3 is 4.74 Å². The summed E-state index contributed by atoms with van der Waals surface area (Å²) in [7, 11) is 0. The minimum absolute atomic E-state index is 0.373. The average molecular weight is 320 g/mol. The van der Waals surface area contributed by atoms with E-state index in [4.69, 9.17) is 16.3 Å². The first kappa shape index (κ1) is 11.8. The third-order valence-electron chi connectivity index (χ3n) is 1.81. The second-order valence-corrected chi connectivity index (χ2v) is 5.22. The molecule has 0 aliphatic rings. The van der Waals surface area contributed by atoms with Crippen LogP contribution >= 0.6 is 38.9 Å². The van der Waals surface area contributed by atoms with E-state index in [1.165, 1.54) is 11.3 Å². The molecule has 2 aromatic rings. The third kappa shape index (κ3) is 3.17. The molecule has 0 aliphatic carbocycles. The maximum Gasteiger partial charge on any atom is 0.294 e. The van der Waals surface area contributed by atoms with Crippen LogP contribution in [0.1, 0.15) is 10.6 Å². The predicted octanol–water partition coefficient (Wildman–Crippen LogP) is 3.62. The summed E-state index contributed by atoms with van der Waals surface area (Å²) >= 11 is 10.4. The lowest BCUT2D eigenvalue weighted by atomic mass is 10.2. The lowest BCUT2D eigenvalue weighted by molar-refractivity contribution is 0.302. The van der Waals surface area contributed by atoms with Crippen molar-refractivity contribution in [3.8, 4) is 5.19 Å². The fourth-order valence-electron chi connectivity index (χ4n) is 1.12. The number of alkyl halides is 1. The van der Waals surface area contributed by atoms with E-state index in [1.807, 2.05) is 24.3 Å². The summed E-state index contributed by atoms with van der Waals surface area (Å²) in [4.78, 5) is 0. The van der Waals surface area contributed by atoms with Crippen LogP contribution in [0.2, 0.25) is 0 Å². The second kappa shape index (κ2) is 5.61. The number of benzene rings is 1. The minimum atomic E-state index is 0.373. The summed E-state index contributed by atoms with van der Waals surface area (Å²) in [5.41, 5.74) is 1.08. The molecule has 1 aromatic carbocycles. The molecule has 2 rings (SSSR count). The van der Waals surface area contributed by atoms with Crippen LogP contribution in [0.4, 0.5) is 0 Å². The number of halogens is 2. The number of hydrogen-bond donors (Lipinski definition) is 0. The summed E-state index contributed by atoms with van der Waals surface area (Å²) in [5, 5.41) is 9.06. The predicted molar refractivity (Wildman–Crippen MR) is 67.9 cm³/mol. The van der Waals surface area contributed by atoms with Gasteiger partial charge in [-0.05, 0) is 17.7 Å². The van der Waals surface area contributed by atoms with Crippen molar-refractivity contribution in [2.24, 2.45) is 0 Å². The molecule has 0 N–H and O–H groups in total. The van der Waals surface area contributed by atoms with E-state index in [0.717, 1.165) is 15.0 Å². The van der Waals surface area contributed by atoms with Gasteiger partial charge in [0.2, 0.25) is 0 Å². The first-order chi connectivity index (χ1) is 7.78.